The largest absolute Gasteiger partial charge is 0.487 e. The van der Waals surface area contributed by atoms with Crippen molar-refractivity contribution in [3.8, 4) is 11.8 Å². The van der Waals surface area contributed by atoms with Crippen LogP contribution < -0.4 is 4.74 Å². The molecule has 0 saturated heterocycles. The number of hydrogen-bond acceptors (Lipinski definition) is 2. The summed E-state index contributed by atoms with van der Waals surface area (Å²) in [6.45, 7) is 0.477. The minimum atomic E-state index is 0.477. The van der Waals surface area contributed by atoms with E-state index in [1.165, 1.54) is 0 Å². The van der Waals surface area contributed by atoms with Crippen molar-refractivity contribution in [2.45, 2.75) is 6.61 Å². The Morgan fingerprint density at radius 1 is 0.964 bits per heavy atom. The maximum absolute atomic E-state index is 9.58. The molecular weight excluding hydrogens is 710 g/mol. The molecule has 0 aliphatic heterocycles. The molecule has 3 aromatic rings. The van der Waals surface area contributed by atoms with E-state index in [2.05, 4.69) is 73.8 Å². The fourth-order valence-electron chi connectivity index (χ4n) is 2.51. The Hall–Kier alpha value is -0.830. The van der Waals surface area contributed by atoms with E-state index in [9.17, 15) is 5.26 Å². The topological polar surface area (TPSA) is 33.0 Å². The van der Waals surface area contributed by atoms with Crippen molar-refractivity contribution in [3.63, 3.8) is 0 Å². The zero-order chi connectivity index (χ0) is 20.1. The van der Waals surface area contributed by atoms with Crippen molar-refractivity contribution in [1.82, 2.24) is 0 Å². The molecule has 0 aliphatic rings. The Morgan fingerprint density at radius 3 is 2.14 bits per heavy atom. The van der Waals surface area contributed by atoms with Crippen LogP contribution in [0, 0.1) is 22.0 Å². The first-order valence-corrected chi connectivity index (χ1v) is 11.8. The van der Waals surface area contributed by atoms with Gasteiger partial charge in [-0.15, -0.1) is 0 Å². The van der Waals surface area contributed by atoms with Gasteiger partial charge in [-0.05, 0) is 127 Å². The molecule has 140 valence electrons. The first-order chi connectivity index (χ1) is 13.5. The van der Waals surface area contributed by atoms with E-state index in [-0.39, 0.29) is 0 Å². The zero-order valence-corrected chi connectivity index (χ0v) is 21.7. The number of nitriles is 1. The Balaban J connectivity index is 1.83. The van der Waals surface area contributed by atoms with Crippen LogP contribution in [0.3, 0.4) is 0 Å². The summed E-state index contributed by atoms with van der Waals surface area (Å²) in [4.78, 5) is 0. The molecule has 0 N–H and O–H groups in total. The van der Waals surface area contributed by atoms with E-state index < -0.39 is 0 Å². The second-order valence-corrected chi connectivity index (χ2v) is 9.91. The number of halogens is 4. The second-order valence-electron chi connectivity index (χ2n) is 5.91. The highest BCUT2D eigenvalue weighted by molar-refractivity contribution is 14.1. The molecule has 0 saturated carbocycles. The predicted octanol–water partition coefficient (Wildman–Crippen LogP) is 7.80. The van der Waals surface area contributed by atoms with Gasteiger partial charge in [0.1, 0.15) is 12.4 Å². The van der Waals surface area contributed by atoms with Gasteiger partial charge in [0, 0.05) is 8.59 Å². The van der Waals surface area contributed by atoms with Gasteiger partial charge in [0.15, 0.2) is 0 Å². The smallest absolute Gasteiger partial charge is 0.146 e. The lowest BCUT2D eigenvalue weighted by Gasteiger charge is -2.12. The fraction of sp³-hybridized carbons (Fsp3) is 0.0455. The summed E-state index contributed by atoms with van der Waals surface area (Å²) >= 11 is 12.7. The Bertz CT molecular complexity index is 1030. The summed E-state index contributed by atoms with van der Waals surface area (Å²) in [7, 11) is 0. The van der Waals surface area contributed by atoms with E-state index >= 15 is 0 Å². The highest BCUT2D eigenvalue weighted by Crippen LogP contribution is 2.31. The molecule has 0 amide bonds. The third-order valence-electron chi connectivity index (χ3n) is 3.90. The monoisotopic (exact) mass is 723 g/mol. The average Bonchev–Trinajstić information content (AvgIpc) is 2.67. The number of rotatable bonds is 5. The molecule has 3 aromatic carbocycles. The van der Waals surface area contributed by atoms with Crippen LogP contribution in [0.25, 0.3) is 11.6 Å². The molecule has 0 unspecified atom stereocenters. The molecule has 0 spiro atoms. The van der Waals surface area contributed by atoms with Gasteiger partial charge in [0.05, 0.1) is 18.8 Å². The number of ether oxygens (including phenoxy) is 1. The van der Waals surface area contributed by atoms with Crippen LogP contribution in [-0.2, 0) is 6.61 Å². The lowest BCUT2D eigenvalue weighted by atomic mass is 10.0. The van der Waals surface area contributed by atoms with Gasteiger partial charge < -0.3 is 4.74 Å². The van der Waals surface area contributed by atoms with Crippen molar-refractivity contribution in [1.29, 1.82) is 5.26 Å². The van der Waals surface area contributed by atoms with E-state index in [4.69, 9.17) is 16.3 Å². The van der Waals surface area contributed by atoms with Gasteiger partial charge in [-0.1, -0.05) is 35.9 Å². The van der Waals surface area contributed by atoms with Crippen LogP contribution in [-0.4, -0.2) is 0 Å². The van der Waals surface area contributed by atoms with Crippen LogP contribution in [0.4, 0.5) is 0 Å². The molecule has 0 bridgehead atoms. The molecule has 0 radical (unpaired) electrons. The highest BCUT2D eigenvalue weighted by Gasteiger charge is 2.10. The van der Waals surface area contributed by atoms with Gasteiger partial charge in [-0.25, -0.2) is 0 Å². The maximum Gasteiger partial charge on any atom is 0.146 e. The minimum Gasteiger partial charge on any atom is -0.487 e. The predicted molar refractivity (Wildman–Crippen MR) is 140 cm³/mol. The summed E-state index contributed by atoms with van der Waals surface area (Å²) in [6.07, 6.45) is 1.91. The van der Waals surface area contributed by atoms with E-state index in [1.54, 1.807) is 0 Å². The van der Waals surface area contributed by atoms with Gasteiger partial charge in [-0.2, -0.15) is 5.26 Å². The van der Waals surface area contributed by atoms with E-state index in [0.29, 0.717) is 17.2 Å². The molecule has 0 fully saturated rings. The second kappa shape index (κ2) is 10.3. The Labute approximate surface area is 210 Å². The SMILES string of the molecule is N#C/C(=C/c1cc(I)c(OCc2ccc(Cl)cc2)c(I)c1)c1ccc(I)cc1. The molecule has 0 aliphatic carbocycles. The molecule has 0 aromatic heterocycles. The summed E-state index contributed by atoms with van der Waals surface area (Å²) in [5.41, 5.74) is 3.59. The fourth-order valence-corrected chi connectivity index (χ4v) is 5.13. The quantitative estimate of drug-likeness (QED) is 0.153. The highest BCUT2D eigenvalue weighted by atomic mass is 127. The molecule has 28 heavy (non-hydrogen) atoms. The van der Waals surface area contributed by atoms with Crippen LogP contribution in [0.15, 0.2) is 60.7 Å². The molecule has 0 atom stereocenters. The number of hydrogen-bond donors (Lipinski definition) is 0. The summed E-state index contributed by atoms with van der Waals surface area (Å²) in [6, 6.07) is 21.9. The molecule has 6 heteroatoms. The van der Waals surface area contributed by atoms with Gasteiger partial charge >= 0.3 is 0 Å². The lowest BCUT2D eigenvalue weighted by molar-refractivity contribution is 0.302. The maximum atomic E-state index is 9.58. The summed E-state index contributed by atoms with van der Waals surface area (Å²) in [5.74, 6) is 0.848. The van der Waals surface area contributed by atoms with Crippen molar-refractivity contribution in [3.05, 3.63) is 93.1 Å². The standard InChI is InChI=1S/C22H13ClI3NO/c23-18-5-1-14(2-6-18)13-28-22-20(25)10-15(11-21(22)26)9-17(12-27)16-3-7-19(24)8-4-16/h1-11H,13H2/b17-9-. The number of nitrogens with zero attached hydrogens (tertiary/aromatic N) is 1. The van der Waals surface area contributed by atoms with Gasteiger partial charge in [0.2, 0.25) is 0 Å². The van der Waals surface area contributed by atoms with Crippen LogP contribution in [0.5, 0.6) is 5.75 Å². The van der Waals surface area contributed by atoms with E-state index in [1.807, 2.05) is 66.7 Å². The number of benzene rings is 3. The van der Waals surface area contributed by atoms with E-state index in [0.717, 1.165) is 33.2 Å². The Morgan fingerprint density at radius 2 is 1.57 bits per heavy atom. The first-order valence-electron chi connectivity index (χ1n) is 8.20. The first kappa shape index (κ1) is 21.9. The van der Waals surface area contributed by atoms with Crippen molar-refractivity contribution < 1.29 is 4.74 Å². The molecule has 2 nitrogen and oxygen atoms in total. The average molecular weight is 724 g/mol. The zero-order valence-electron chi connectivity index (χ0n) is 14.4. The minimum absolute atomic E-state index is 0.477. The molecular formula is C22H13ClI3NO. The van der Waals surface area contributed by atoms with Gasteiger partial charge in [-0.3, -0.25) is 0 Å². The van der Waals surface area contributed by atoms with Crippen LogP contribution in [0.1, 0.15) is 16.7 Å². The molecule has 0 heterocycles. The van der Waals surface area contributed by atoms with Crippen molar-refractivity contribution >= 4 is 91.0 Å². The summed E-state index contributed by atoms with van der Waals surface area (Å²) in [5, 5.41) is 10.3. The van der Waals surface area contributed by atoms with Crippen LogP contribution in [0.2, 0.25) is 5.02 Å². The number of allylic oxidation sites excluding steroid dienone is 1. The summed E-state index contributed by atoms with van der Waals surface area (Å²) < 4.78 is 9.18. The third kappa shape index (κ3) is 5.84. The Kier molecular flexibility index (Phi) is 8.02. The third-order valence-corrected chi connectivity index (χ3v) is 6.48. The normalized spacial score (nSPS) is 11.2. The van der Waals surface area contributed by atoms with Crippen molar-refractivity contribution in [2.24, 2.45) is 0 Å². The lowest BCUT2D eigenvalue weighted by Crippen LogP contribution is -1.99. The van der Waals surface area contributed by atoms with Crippen molar-refractivity contribution in [2.75, 3.05) is 0 Å². The molecule has 3 rings (SSSR count). The van der Waals surface area contributed by atoms with Crippen LogP contribution >= 0.6 is 79.4 Å². The van der Waals surface area contributed by atoms with Gasteiger partial charge in [0.25, 0.3) is 0 Å².